The van der Waals surface area contributed by atoms with E-state index in [0.717, 1.165) is 30.7 Å². The lowest BCUT2D eigenvalue weighted by molar-refractivity contribution is 0.0341. The van der Waals surface area contributed by atoms with Crippen LogP contribution in [0.15, 0.2) is 15.9 Å². The van der Waals surface area contributed by atoms with Crippen LogP contribution in [0.25, 0.3) is 0 Å². The van der Waals surface area contributed by atoms with E-state index in [4.69, 9.17) is 4.74 Å². The molecule has 1 aliphatic rings. The van der Waals surface area contributed by atoms with Crippen molar-refractivity contribution in [1.29, 1.82) is 0 Å². The van der Waals surface area contributed by atoms with Crippen molar-refractivity contribution < 1.29 is 4.74 Å². The Bertz CT molecular complexity index is 312. The van der Waals surface area contributed by atoms with Crippen molar-refractivity contribution in [3.63, 3.8) is 0 Å². The molecule has 0 spiro atoms. The lowest BCUT2D eigenvalue weighted by Crippen LogP contribution is -2.44. The molecular formula is C10H15BrN2OS. The van der Waals surface area contributed by atoms with Crippen molar-refractivity contribution in [2.24, 2.45) is 0 Å². The Balaban J connectivity index is 1.88. The lowest BCUT2D eigenvalue weighted by atomic mass is 10.3. The highest BCUT2D eigenvalue weighted by molar-refractivity contribution is 9.10. The Morgan fingerprint density at radius 1 is 1.73 bits per heavy atom. The van der Waals surface area contributed by atoms with E-state index in [1.807, 2.05) is 0 Å². The maximum absolute atomic E-state index is 5.67. The van der Waals surface area contributed by atoms with E-state index in [0.29, 0.717) is 6.10 Å². The highest BCUT2D eigenvalue weighted by Gasteiger charge is 2.16. The summed E-state index contributed by atoms with van der Waals surface area (Å²) in [5, 5.41) is 6.72. The SMILES string of the molecule is CN(CC1CNCCO1)c1cc(Br)cs1. The van der Waals surface area contributed by atoms with Crippen molar-refractivity contribution in [1.82, 2.24) is 5.32 Å². The molecule has 1 aromatic heterocycles. The van der Waals surface area contributed by atoms with Crippen LogP contribution < -0.4 is 10.2 Å². The van der Waals surface area contributed by atoms with Crippen LogP contribution in [-0.4, -0.2) is 39.4 Å². The molecule has 5 heteroatoms. The predicted molar refractivity (Wildman–Crippen MR) is 67.9 cm³/mol. The van der Waals surface area contributed by atoms with E-state index >= 15 is 0 Å². The summed E-state index contributed by atoms with van der Waals surface area (Å²) in [5.41, 5.74) is 0. The Labute approximate surface area is 103 Å². The molecule has 3 nitrogen and oxygen atoms in total. The first-order valence-electron chi connectivity index (χ1n) is 5.03. The average molecular weight is 291 g/mol. The van der Waals surface area contributed by atoms with Gasteiger partial charge < -0.3 is 15.0 Å². The van der Waals surface area contributed by atoms with Gasteiger partial charge in [0.1, 0.15) is 0 Å². The second-order valence-corrected chi connectivity index (χ2v) is 5.49. The Morgan fingerprint density at radius 3 is 3.20 bits per heavy atom. The fraction of sp³-hybridized carbons (Fsp3) is 0.600. The lowest BCUT2D eigenvalue weighted by Gasteiger charge is -2.28. The number of anilines is 1. The van der Waals surface area contributed by atoms with Gasteiger partial charge in [-0.05, 0) is 22.0 Å². The molecule has 0 aromatic carbocycles. The normalized spacial score (nSPS) is 21.6. The molecule has 15 heavy (non-hydrogen) atoms. The van der Waals surface area contributed by atoms with Crippen molar-refractivity contribution in [3.05, 3.63) is 15.9 Å². The molecule has 2 rings (SSSR count). The number of nitrogens with zero attached hydrogens (tertiary/aromatic N) is 1. The van der Waals surface area contributed by atoms with Crippen LogP contribution in [0.1, 0.15) is 0 Å². The number of likely N-dealkylation sites (N-methyl/N-ethyl adjacent to an activating group) is 1. The number of hydrogen-bond donors (Lipinski definition) is 1. The van der Waals surface area contributed by atoms with Gasteiger partial charge in [-0.2, -0.15) is 0 Å². The van der Waals surface area contributed by atoms with Gasteiger partial charge in [0.15, 0.2) is 0 Å². The fourth-order valence-corrected chi connectivity index (χ4v) is 3.03. The number of morpholine rings is 1. The molecule has 84 valence electrons. The number of thiophene rings is 1. The van der Waals surface area contributed by atoms with Gasteiger partial charge in [-0.3, -0.25) is 0 Å². The summed E-state index contributed by atoms with van der Waals surface area (Å²) in [4.78, 5) is 2.24. The minimum absolute atomic E-state index is 0.310. The molecule has 0 saturated carbocycles. The molecule has 2 heterocycles. The summed E-state index contributed by atoms with van der Waals surface area (Å²) < 4.78 is 6.82. The second-order valence-electron chi connectivity index (χ2n) is 3.68. The first kappa shape index (κ1) is 11.4. The van der Waals surface area contributed by atoms with E-state index in [1.54, 1.807) is 11.3 Å². The van der Waals surface area contributed by atoms with Gasteiger partial charge in [-0.15, -0.1) is 11.3 Å². The van der Waals surface area contributed by atoms with Gasteiger partial charge >= 0.3 is 0 Å². The van der Waals surface area contributed by atoms with Gasteiger partial charge in [-0.1, -0.05) is 0 Å². The highest BCUT2D eigenvalue weighted by atomic mass is 79.9. The Hall–Kier alpha value is -0.100. The van der Waals surface area contributed by atoms with E-state index in [2.05, 4.69) is 44.6 Å². The number of hydrogen-bond acceptors (Lipinski definition) is 4. The summed E-state index contributed by atoms with van der Waals surface area (Å²) in [6.07, 6.45) is 0.310. The molecule has 1 N–H and O–H groups in total. The monoisotopic (exact) mass is 290 g/mol. The standard InChI is InChI=1S/C10H15BrN2OS/c1-13(10-4-8(11)7-15-10)6-9-5-12-2-3-14-9/h4,7,9,12H,2-3,5-6H2,1H3. The molecule has 0 amide bonds. The molecule has 0 radical (unpaired) electrons. The molecule has 1 atom stereocenters. The summed E-state index contributed by atoms with van der Waals surface area (Å²) in [6.45, 7) is 3.70. The number of rotatable bonds is 3. The highest BCUT2D eigenvalue weighted by Crippen LogP contribution is 2.27. The molecular weight excluding hydrogens is 276 g/mol. The zero-order valence-corrected chi connectivity index (χ0v) is 11.1. The molecule has 1 aromatic rings. The zero-order chi connectivity index (χ0) is 10.7. The van der Waals surface area contributed by atoms with Gasteiger partial charge in [0.2, 0.25) is 0 Å². The third-order valence-corrected chi connectivity index (χ3v) is 4.22. The minimum atomic E-state index is 0.310. The third-order valence-electron chi connectivity index (χ3n) is 2.41. The van der Waals surface area contributed by atoms with Gasteiger partial charge in [-0.25, -0.2) is 0 Å². The second kappa shape index (κ2) is 5.30. The Morgan fingerprint density at radius 2 is 2.60 bits per heavy atom. The van der Waals surface area contributed by atoms with Crippen LogP contribution in [-0.2, 0) is 4.74 Å². The molecule has 1 saturated heterocycles. The molecule has 1 fully saturated rings. The van der Waals surface area contributed by atoms with Crippen LogP contribution in [0.3, 0.4) is 0 Å². The summed E-state index contributed by atoms with van der Waals surface area (Å²) in [5.74, 6) is 0. The van der Waals surface area contributed by atoms with Crippen LogP contribution in [0.4, 0.5) is 5.00 Å². The van der Waals surface area contributed by atoms with Crippen molar-refractivity contribution in [2.75, 3.05) is 38.2 Å². The quantitative estimate of drug-likeness (QED) is 0.921. The topological polar surface area (TPSA) is 24.5 Å². The van der Waals surface area contributed by atoms with Crippen LogP contribution >= 0.6 is 27.3 Å². The maximum Gasteiger partial charge on any atom is 0.0918 e. The van der Waals surface area contributed by atoms with Gasteiger partial charge in [0, 0.05) is 36.5 Å². The van der Waals surface area contributed by atoms with E-state index in [1.165, 1.54) is 5.00 Å². The van der Waals surface area contributed by atoms with E-state index in [9.17, 15) is 0 Å². The molecule has 0 aliphatic carbocycles. The third kappa shape index (κ3) is 3.17. The Kier molecular flexibility index (Phi) is 4.02. The first-order chi connectivity index (χ1) is 7.25. The van der Waals surface area contributed by atoms with E-state index in [-0.39, 0.29) is 0 Å². The minimum Gasteiger partial charge on any atom is -0.374 e. The van der Waals surface area contributed by atoms with Gasteiger partial charge in [0.25, 0.3) is 0 Å². The summed E-state index contributed by atoms with van der Waals surface area (Å²) >= 11 is 5.22. The fourth-order valence-electron chi connectivity index (χ4n) is 1.64. The largest absolute Gasteiger partial charge is 0.374 e. The van der Waals surface area contributed by atoms with Crippen molar-refractivity contribution in [3.8, 4) is 0 Å². The summed E-state index contributed by atoms with van der Waals surface area (Å²) in [6, 6.07) is 2.14. The smallest absolute Gasteiger partial charge is 0.0918 e. The van der Waals surface area contributed by atoms with Crippen molar-refractivity contribution in [2.45, 2.75) is 6.10 Å². The van der Waals surface area contributed by atoms with Crippen LogP contribution in [0.2, 0.25) is 0 Å². The molecule has 0 bridgehead atoms. The summed E-state index contributed by atoms with van der Waals surface area (Å²) in [7, 11) is 2.11. The number of halogens is 1. The first-order valence-corrected chi connectivity index (χ1v) is 6.70. The maximum atomic E-state index is 5.67. The van der Waals surface area contributed by atoms with E-state index < -0.39 is 0 Å². The predicted octanol–water partition coefficient (Wildman–Crippen LogP) is 1.94. The van der Waals surface area contributed by atoms with Crippen LogP contribution in [0.5, 0.6) is 0 Å². The molecule has 1 unspecified atom stereocenters. The zero-order valence-electron chi connectivity index (χ0n) is 8.70. The van der Waals surface area contributed by atoms with Crippen molar-refractivity contribution >= 4 is 32.3 Å². The number of nitrogens with one attached hydrogen (secondary N) is 1. The number of ether oxygens (including phenoxy) is 1. The average Bonchev–Trinajstić information content (AvgIpc) is 2.66. The van der Waals surface area contributed by atoms with Gasteiger partial charge in [0.05, 0.1) is 17.7 Å². The van der Waals surface area contributed by atoms with Crippen LogP contribution in [0, 0.1) is 0 Å². The molecule has 1 aliphatic heterocycles.